The fraction of sp³-hybridized carbons (Fsp3) is 0.333. The second-order valence-electron chi connectivity index (χ2n) is 7.31. The van der Waals surface area contributed by atoms with Gasteiger partial charge in [-0.25, -0.2) is 4.90 Å². The van der Waals surface area contributed by atoms with Crippen LogP contribution in [0.25, 0.3) is 5.57 Å². The number of ether oxygens (including phenoxy) is 3. The molecule has 0 bridgehead atoms. The highest BCUT2D eigenvalue weighted by Crippen LogP contribution is 2.39. The standard InChI is InChI=1S/C24H26N2O5/c1-3-13-31-18-8-6-7-17(16-18)26-23(27)21(19-9-4-5-10-20(19)29-2)22(24(26)28)25-11-14-30-15-12-25/h4-10,16H,3,11-15H2,1-2H3. The van der Waals surface area contributed by atoms with Crippen molar-refractivity contribution in [2.75, 3.05) is 44.9 Å². The van der Waals surface area contributed by atoms with Crippen LogP contribution in [-0.2, 0) is 14.3 Å². The van der Waals surface area contributed by atoms with E-state index >= 15 is 0 Å². The predicted octanol–water partition coefficient (Wildman–Crippen LogP) is 3.10. The quantitative estimate of drug-likeness (QED) is 0.639. The lowest BCUT2D eigenvalue weighted by Crippen LogP contribution is -2.40. The first-order valence-electron chi connectivity index (χ1n) is 10.5. The summed E-state index contributed by atoms with van der Waals surface area (Å²) < 4.78 is 16.7. The normalized spacial score (nSPS) is 16.8. The summed E-state index contributed by atoms with van der Waals surface area (Å²) in [6, 6.07) is 14.4. The second kappa shape index (κ2) is 9.22. The maximum Gasteiger partial charge on any atom is 0.282 e. The number of carbonyl (C=O) groups is 2. The number of morpholine rings is 1. The predicted molar refractivity (Wildman–Crippen MR) is 117 cm³/mol. The van der Waals surface area contributed by atoms with Crippen LogP contribution >= 0.6 is 0 Å². The van der Waals surface area contributed by atoms with Crippen LogP contribution in [0, 0.1) is 0 Å². The molecule has 1 fully saturated rings. The first-order valence-corrected chi connectivity index (χ1v) is 10.5. The van der Waals surface area contributed by atoms with Gasteiger partial charge in [-0.1, -0.05) is 31.2 Å². The Morgan fingerprint density at radius 1 is 1.00 bits per heavy atom. The molecule has 31 heavy (non-hydrogen) atoms. The molecule has 0 N–H and O–H groups in total. The van der Waals surface area contributed by atoms with Gasteiger partial charge in [0.2, 0.25) is 0 Å². The Labute approximate surface area is 181 Å². The molecule has 0 radical (unpaired) electrons. The van der Waals surface area contributed by atoms with Gasteiger partial charge >= 0.3 is 0 Å². The Bertz CT molecular complexity index is 1010. The van der Waals surface area contributed by atoms with Gasteiger partial charge in [-0.2, -0.15) is 0 Å². The molecule has 0 atom stereocenters. The number of imide groups is 1. The summed E-state index contributed by atoms with van der Waals surface area (Å²) in [6.07, 6.45) is 0.868. The zero-order chi connectivity index (χ0) is 21.8. The first kappa shape index (κ1) is 20.9. The van der Waals surface area contributed by atoms with Crippen molar-refractivity contribution in [3.63, 3.8) is 0 Å². The van der Waals surface area contributed by atoms with Crippen LogP contribution in [0.1, 0.15) is 18.9 Å². The van der Waals surface area contributed by atoms with E-state index in [9.17, 15) is 9.59 Å². The van der Waals surface area contributed by atoms with Gasteiger partial charge in [0.25, 0.3) is 11.8 Å². The van der Waals surface area contributed by atoms with Gasteiger partial charge in [0.05, 0.1) is 38.2 Å². The molecule has 0 saturated carbocycles. The average Bonchev–Trinajstić information content (AvgIpc) is 3.08. The topological polar surface area (TPSA) is 68.3 Å². The third kappa shape index (κ3) is 4.01. The van der Waals surface area contributed by atoms with Crippen LogP contribution in [0.2, 0.25) is 0 Å². The van der Waals surface area contributed by atoms with Gasteiger partial charge in [0.1, 0.15) is 17.2 Å². The van der Waals surface area contributed by atoms with E-state index in [0.717, 1.165) is 6.42 Å². The molecule has 1 saturated heterocycles. The largest absolute Gasteiger partial charge is 0.496 e. The number of amides is 2. The van der Waals surface area contributed by atoms with E-state index in [1.807, 2.05) is 36.1 Å². The Hall–Kier alpha value is -3.32. The van der Waals surface area contributed by atoms with Gasteiger partial charge in [-0.05, 0) is 24.6 Å². The molecule has 0 aliphatic carbocycles. The maximum atomic E-state index is 13.7. The summed E-state index contributed by atoms with van der Waals surface area (Å²) in [5.74, 6) is 0.453. The molecular formula is C24H26N2O5. The SMILES string of the molecule is CCCOc1cccc(N2C(=O)C(c3ccccc3OC)=C(N3CCOCC3)C2=O)c1. The van der Waals surface area contributed by atoms with Gasteiger partial charge in [-0.3, -0.25) is 9.59 Å². The van der Waals surface area contributed by atoms with Crippen molar-refractivity contribution in [2.24, 2.45) is 0 Å². The van der Waals surface area contributed by atoms with E-state index in [1.165, 1.54) is 4.90 Å². The van der Waals surface area contributed by atoms with Crippen LogP contribution < -0.4 is 14.4 Å². The molecular weight excluding hydrogens is 396 g/mol. The van der Waals surface area contributed by atoms with Crippen molar-refractivity contribution in [1.82, 2.24) is 4.90 Å². The molecule has 2 amide bonds. The fourth-order valence-corrected chi connectivity index (χ4v) is 3.86. The molecule has 0 spiro atoms. The van der Waals surface area contributed by atoms with Gasteiger partial charge in [-0.15, -0.1) is 0 Å². The number of nitrogens with zero attached hydrogens (tertiary/aromatic N) is 2. The van der Waals surface area contributed by atoms with Crippen molar-refractivity contribution >= 4 is 23.1 Å². The van der Waals surface area contributed by atoms with Crippen molar-refractivity contribution < 1.29 is 23.8 Å². The highest BCUT2D eigenvalue weighted by Gasteiger charge is 2.43. The third-order valence-electron chi connectivity index (χ3n) is 5.31. The lowest BCUT2D eigenvalue weighted by molar-refractivity contribution is -0.121. The molecule has 0 aromatic heterocycles. The minimum absolute atomic E-state index is 0.347. The van der Waals surface area contributed by atoms with E-state index in [0.29, 0.717) is 66.9 Å². The van der Waals surface area contributed by atoms with E-state index in [4.69, 9.17) is 14.2 Å². The van der Waals surface area contributed by atoms with Crippen molar-refractivity contribution in [2.45, 2.75) is 13.3 Å². The Kier molecular flexibility index (Phi) is 6.23. The van der Waals surface area contributed by atoms with Crippen LogP contribution in [0.5, 0.6) is 11.5 Å². The van der Waals surface area contributed by atoms with E-state index in [2.05, 4.69) is 0 Å². The summed E-state index contributed by atoms with van der Waals surface area (Å²) in [7, 11) is 1.56. The summed E-state index contributed by atoms with van der Waals surface area (Å²) in [4.78, 5) is 30.4. The third-order valence-corrected chi connectivity index (χ3v) is 5.31. The molecule has 7 heteroatoms. The second-order valence-corrected chi connectivity index (χ2v) is 7.31. The lowest BCUT2D eigenvalue weighted by atomic mass is 10.0. The van der Waals surface area contributed by atoms with Crippen molar-refractivity contribution in [3.05, 3.63) is 59.8 Å². The summed E-state index contributed by atoms with van der Waals surface area (Å²) in [5, 5.41) is 0. The first-order chi connectivity index (χ1) is 15.2. The van der Waals surface area contributed by atoms with Crippen LogP contribution in [0.4, 0.5) is 5.69 Å². The minimum atomic E-state index is -0.372. The number of hydrogen-bond acceptors (Lipinski definition) is 6. The molecule has 162 valence electrons. The molecule has 4 rings (SSSR count). The van der Waals surface area contributed by atoms with E-state index in [-0.39, 0.29) is 11.8 Å². The van der Waals surface area contributed by atoms with E-state index in [1.54, 1.807) is 31.4 Å². The molecule has 2 aliphatic rings. The summed E-state index contributed by atoms with van der Waals surface area (Å²) >= 11 is 0. The smallest absolute Gasteiger partial charge is 0.282 e. The lowest BCUT2D eigenvalue weighted by Gasteiger charge is -2.29. The molecule has 2 aliphatic heterocycles. The van der Waals surface area contributed by atoms with Gasteiger partial charge in [0, 0.05) is 24.7 Å². The molecule has 2 heterocycles. The van der Waals surface area contributed by atoms with E-state index < -0.39 is 0 Å². The Morgan fingerprint density at radius 3 is 2.52 bits per heavy atom. The summed E-state index contributed by atoms with van der Waals surface area (Å²) in [5.41, 5.74) is 1.83. The number of methoxy groups -OCH3 is 1. The number of para-hydroxylation sites is 1. The van der Waals surface area contributed by atoms with Crippen molar-refractivity contribution in [1.29, 1.82) is 0 Å². The number of rotatable bonds is 7. The van der Waals surface area contributed by atoms with Crippen molar-refractivity contribution in [3.8, 4) is 11.5 Å². The maximum absolute atomic E-state index is 13.7. The monoisotopic (exact) mass is 422 g/mol. The molecule has 0 unspecified atom stereocenters. The molecule has 2 aromatic rings. The van der Waals surface area contributed by atoms with Crippen LogP contribution in [0.15, 0.2) is 54.2 Å². The number of carbonyl (C=O) groups excluding carboxylic acids is 2. The summed E-state index contributed by atoms with van der Waals surface area (Å²) in [6.45, 7) is 4.68. The molecule has 7 nitrogen and oxygen atoms in total. The number of benzene rings is 2. The van der Waals surface area contributed by atoms with Gasteiger partial charge < -0.3 is 19.1 Å². The zero-order valence-electron chi connectivity index (χ0n) is 17.8. The Balaban J connectivity index is 1.79. The minimum Gasteiger partial charge on any atom is -0.496 e. The number of anilines is 1. The number of hydrogen-bond donors (Lipinski definition) is 0. The zero-order valence-corrected chi connectivity index (χ0v) is 17.8. The highest BCUT2D eigenvalue weighted by molar-refractivity contribution is 6.45. The average molecular weight is 422 g/mol. The van der Waals surface area contributed by atoms with Crippen LogP contribution in [0.3, 0.4) is 0 Å². The fourth-order valence-electron chi connectivity index (χ4n) is 3.86. The highest BCUT2D eigenvalue weighted by atomic mass is 16.5. The van der Waals surface area contributed by atoms with Gasteiger partial charge in [0.15, 0.2) is 0 Å². The Morgan fingerprint density at radius 2 is 1.77 bits per heavy atom. The molecule has 2 aromatic carbocycles. The van der Waals surface area contributed by atoms with Crippen LogP contribution in [-0.4, -0.2) is 56.7 Å².